The first kappa shape index (κ1) is 15.4. The van der Waals surface area contributed by atoms with Crippen molar-refractivity contribution in [2.45, 2.75) is 33.7 Å². The summed E-state index contributed by atoms with van der Waals surface area (Å²) in [6.45, 7) is 8.25. The summed E-state index contributed by atoms with van der Waals surface area (Å²) in [6, 6.07) is 1.67. The van der Waals surface area contributed by atoms with E-state index in [4.69, 9.17) is 5.73 Å². The largest absolute Gasteiger partial charge is 0.398 e. The van der Waals surface area contributed by atoms with E-state index in [0.29, 0.717) is 6.54 Å². The van der Waals surface area contributed by atoms with Gasteiger partial charge in [0.15, 0.2) is 11.6 Å². The maximum atomic E-state index is 13.2. The summed E-state index contributed by atoms with van der Waals surface area (Å²) in [5.41, 5.74) is 5.57. The summed E-state index contributed by atoms with van der Waals surface area (Å²) in [5, 5.41) is 0. The number of hydrogen-bond acceptors (Lipinski definition) is 2. The summed E-state index contributed by atoms with van der Waals surface area (Å²) in [7, 11) is 0. The molecule has 0 saturated heterocycles. The SMILES string of the molecule is CC(C)CN(C(=O)c1cc(F)c(F)cc1N)C(C)C. The molecule has 19 heavy (non-hydrogen) atoms. The number of halogens is 2. The van der Waals surface area contributed by atoms with Gasteiger partial charge in [0.05, 0.1) is 5.56 Å². The third-order valence-corrected chi connectivity index (χ3v) is 2.77. The quantitative estimate of drug-likeness (QED) is 0.855. The Morgan fingerprint density at radius 3 is 2.21 bits per heavy atom. The van der Waals surface area contributed by atoms with E-state index in [9.17, 15) is 13.6 Å². The number of carbonyl (C=O) groups excluding carboxylic acids is 1. The van der Waals surface area contributed by atoms with Crippen LogP contribution in [0.5, 0.6) is 0 Å². The van der Waals surface area contributed by atoms with E-state index in [1.54, 1.807) is 4.90 Å². The van der Waals surface area contributed by atoms with Crippen LogP contribution in [0.4, 0.5) is 14.5 Å². The molecule has 0 spiro atoms. The van der Waals surface area contributed by atoms with E-state index in [0.717, 1.165) is 12.1 Å². The molecule has 0 bridgehead atoms. The van der Waals surface area contributed by atoms with Crippen LogP contribution in [0.1, 0.15) is 38.1 Å². The predicted octanol–water partition coefficient (Wildman–Crippen LogP) is 3.05. The first-order chi connectivity index (χ1) is 8.73. The van der Waals surface area contributed by atoms with E-state index in [2.05, 4.69) is 0 Å². The zero-order valence-corrected chi connectivity index (χ0v) is 11.7. The Morgan fingerprint density at radius 2 is 1.74 bits per heavy atom. The molecule has 2 N–H and O–H groups in total. The zero-order chi connectivity index (χ0) is 14.7. The molecular weight excluding hydrogens is 250 g/mol. The highest BCUT2D eigenvalue weighted by Gasteiger charge is 2.23. The Hall–Kier alpha value is -1.65. The molecule has 0 fully saturated rings. The van der Waals surface area contributed by atoms with Crippen molar-refractivity contribution in [3.63, 3.8) is 0 Å². The number of nitrogens with two attached hydrogens (primary N) is 1. The second-order valence-corrected chi connectivity index (χ2v) is 5.30. The van der Waals surface area contributed by atoms with Crippen molar-refractivity contribution in [1.29, 1.82) is 0 Å². The molecule has 0 aliphatic rings. The van der Waals surface area contributed by atoms with Gasteiger partial charge in [-0.15, -0.1) is 0 Å². The number of amides is 1. The van der Waals surface area contributed by atoms with Gasteiger partial charge in [-0.1, -0.05) is 13.8 Å². The maximum absolute atomic E-state index is 13.2. The van der Waals surface area contributed by atoms with Crippen LogP contribution in [-0.2, 0) is 0 Å². The molecule has 0 atom stereocenters. The van der Waals surface area contributed by atoms with E-state index in [1.807, 2.05) is 27.7 Å². The van der Waals surface area contributed by atoms with E-state index in [-0.39, 0.29) is 29.1 Å². The molecule has 0 aliphatic carbocycles. The normalized spacial score (nSPS) is 11.2. The van der Waals surface area contributed by atoms with Gasteiger partial charge in [-0.25, -0.2) is 8.78 Å². The van der Waals surface area contributed by atoms with Gasteiger partial charge in [0.1, 0.15) is 0 Å². The van der Waals surface area contributed by atoms with Crippen molar-refractivity contribution in [2.75, 3.05) is 12.3 Å². The zero-order valence-electron chi connectivity index (χ0n) is 11.7. The van der Waals surface area contributed by atoms with E-state index in [1.165, 1.54) is 0 Å². The number of anilines is 1. The summed E-state index contributed by atoms with van der Waals surface area (Å²) in [4.78, 5) is 14.0. The summed E-state index contributed by atoms with van der Waals surface area (Å²) >= 11 is 0. The molecule has 0 aromatic heterocycles. The minimum atomic E-state index is -1.06. The van der Waals surface area contributed by atoms with Crippen molar-refractivity contribution < 1.29 is 13.6 Å². The predicted molar refractivity (Wildman–Crippen MR) is 71.8 cm³/mol. The van der Waals surface area contributed by atoms with Crippen LogP contribution in [0.3, 0.4) is 0 Å². The highest BCUT2D eigenvalue weighted by molar-refractivity contribution is 5.99. The monoisotopic (exact) mass is 270 g/mol. The number of carbonyl (C=O) groups is 1. The molecular formula is C14H20F2N2O. The van der Waals surface area contributed by atoms with Gasteiger partial charge in [-0.05, 0) is 25.8 Å². The van der Waals surface area contributed by atoms with Crippen molar-refractivity contribution >= 4 is 11.6 Å². The van der Waals surface area contributed by atoms with Gasteiger partial charge in [0.25, 0.3) is 5.91 Å². The summed E-state index contributed by atoms with van der Waals surface area (Å²) < 4.78 is 26.3. The van der Waals surface area contributed by atoms with Crippen LogP contribution in [0, 0.1) is 17.6 Å². The highest BCUT2D eigenvalue weighted by atomic mass is 19.2. The first-order valence-corrected chi connectivity index (χ1v) is 6.29. The lowest BCUT2D eigenvalue weighted by molar-refractivity contribution is 0.0682. The fraction of sp³-hybridized carbons (Fsp3) is 0.500. The Kier molecular flexibility index (Phi) is 4.86. The third-order valence-electron chi connectivity index (χ3n) is 2.77. The number of rotatable bonds is 4. The molecule has 1 aromatic rings. The number of benzene rings is 1. The van der Waals surface area contributed by atoms with Crippen molar-refractivity contribution in [2.24, 2.45) is 5.92 Å². The molecule has 0 aliphatic heterocycles. The Bertz CT molecular complexity index is 473. The summed E-state index contributed by atoms with van der Waals surface area (Å²) in [5.74, 6) is -2.21. The fourth-order valence-corrected chi connectivity index (χ4v) is 1.82. The lowest BCUT2D eigenvalue weighted by Gasteiger charge is -2.29. The Balaban J connectivity index is 3.13. The molecule has 1 amide bonds. The second-order valence-electron chi connectivity index (χ2n) is 5.30. The molecule has 0 unspecified atom stereocenters. The van der Waals surface area contributed by atoms with Crippen LogP contribution >= 0.6 is 0 Å². The molecule has 0 saturated carbocycles. The van der Waals surface area contributed by atoms with Crippen LogP contribution in [0.2, 0.25) is 0 Å². The highest BCUT2D eigenvalue weighted by Crippen LogP contribution is 2.20. The molecule has 1 aromatic carbocycles. The average molecular weight is 270 g/mol. The van der Waals surface area contributed by atoms with Crippen LogP contribution in [0.15, 0.2) is 12.1 Å². The van der Waals surface area contributed by atoms with Crippen molar-refractivity contribution in [3.8, 4) is 0 Å². The number of nitrogen functional groups attached to an aromatic ring is 1. The minimum absolute atomic E-state index is 0.00764. The third kappa shape index (κ3) is 3.66. The van der Waals surface area contributed by atoms with E-state index >= 15 is 0 Å². The standard InChI is InChI=1S/C14H20F2N2O/c1-8(2)7-18(9(3)4)14(19)10-5-11(15)12(16)6-13(10)17/h5-6,8-9H,7,17H2,1-4H3. The molecule has 0 heterocycles. The molecule has 1 rings (SSSR count). The molecule has 5 heteroatoms. The van der Waals surface area contributed by atoms with Crippen LogP contribution in [0.25, 0.3) is 0 Å². The van der Waals surface area contributed by atoms with Crippen LogP contribution in [-0.4, -0.2) is 23.4 Å². The molecule has 0 radical (unpaired) electrons. The smallest absolute Gasteiger partial charge is 0.256 e. The first-order valence-electron chi connectivity index (χ1n) is 6.29. The summed E-state index contributed by atoms with van der Waals surface area (Å²) in [6.07, 6.45) is 0. The minimum Gasteiger partial charge on any atom is -0.398 e. The van der Waals surface area contributed by atoms with Gasteiger partial charge in [-0.2, -0.15) is 0 Å². The molecule has 106 valence electrons. The van der Waals surface area contributed by atoms with Gasteiger partial charge in [-0.3, -0.25) is 4.79 Å². The maximum Gasteiger partial charge on any atom is 0.256 e. The lowest BCUT2D eigenvalue weighted by Crippen LogP contribution is -2.39. The molecule has 3 nitrogen and oxygen atoms in total. The Labute approximate surface area is 112 Å². The van der Waals surface area contributed by atoms with E-state index < -0.39 is 11.6 Å². The van der Waals surface area contributed by atoms with Gasteiger partial charge in [0, 0.05) is 24.3 Å². The Morgan fingerprint density at radius 1 is 1.21 bits per heavy atom. The van der Waals surface area contributed by atoms with Crippen LogP contribution < -0.4 is 5.73 Å². The van der Waals surface area contributed by atoms with Crippen molar-refractivity contribution in [1.82, 2.24) is 4.90 Å². The van der Waals surface area contributed by atoms with Gasteiger partial charge < -0.3 is 10.6 Å². The topological polar surface area (TPSA) is 46.3 Å². The fourth-order valence-electron chi connectivity index (χ4n) is 1.82. The number of hydrogen-bond donors (Lipinski definition) is 1. The van der Waals surface area contributed by atoms with Crippen molar-refractivity contribution in [3.05, 3.63) is 29.3 Å². The van der Waals surface area contributed by atoms with Gasteiger partial charge >= 0.3 is 0 Å². The number of nitrogens with zero attached hydrogens (tertiary/aromatic N) is 1. The average Bonchev–Trinajstić information content (AvgIpc) is 2.29. The lowest BCUT2D eigenvalue weighted by atomic mass is 10.1. The van der Waals surface area contributed by atoms with Gasteiger partial charge in [0.2, 0.25) is 0 Å². The second kappa shape index (κ2) is 5.99.